The first-order chi connectivity index (χ1) is 10.1. The zero-order valence-corrected chi connectivity index (χ0v) is 11.3. The Kier molecular flexibility index (Phi) is 5.50. The Morgan fingerprint density at radius 1 is 1.18 bits per heavy atom. The van der Waals surface area contributed by atoms with Gasteiger partial charge in [0, 0.05) is 12.5 Å². The van der Waals surface area contributed by atoms with E-state index in [0.717, 1.165) is 12.1 Å². The molecule has 124 valence electrons. The number of halogens is 5. The quantitative estimate of drug-likeness (QED) is 0.329. The van der Waals surface area contributed by atoms with Crippen molar-refractivity contribution < 1.29 is 36.3 Å². The highest BCUT2D eigenvalue weighted by Crippen LogP contribution is 2.39. The van der Waals surface area contributed by atoms with E-state index in [9.17, 15) is 32.1 Å². The largest absolute Gasteiger partial charge is 0.493 e. The van der Waals surface area contributed by atoms with Crippen LogP contribution in [-0.2, 0) is 0 Å². The van der Waals surface area contributed by atoms with Gasteiger partial charge >= 0.3 is 12.1 Å². The van der Waals surface area contributed by atoms with Crippen LogP contribution in [0.3, 0.4) is 0 Å². The summed E-state index contributed by atoms with van der Waals surface area (Å²) in [4.78, 5) is 9.91. The third kappa shape index (κ3) is 4.43. The monoisotopic (exact) mass is 329 g/mol. The van der Waals surface area contributed by atoms with Crippen LogP contribution in [0.2, 0.25) is 0 Å². The van der Waals surface area contributed by atoms with Crippen LogP contribution in [0.4, 0.5) is 27.6 Å². The van der Waals surface area contributed by atoms with Crippen molar-refractivity contribution in [1.29, 1.82) is 0 Å². The molecular formula is C12H12F5NO4. The molecule has 0 radical (unpaired) electrons. The first kappa shape index (κ1) is 17.9. The van der Waals surface area contributed by atoms with Gasteiger partial charge in [-0.05, 0) is 12.5 Å². The molecule has 22 heavy (non-hydrogen) atoms. The second-order valence-corrected chi connectivity index (χ2v) is 4.25. The molecule has 0 aliphatic heterocycles. The molecule has 0 unspecified atom stereocenters. The molecule has 0 bridgehead atoms. The lowest BCUT2D eigenvalue weighted by molar-refractivity contribution is -0.385. The van der Waals surface area contributed by atoms with Gasteiger partial charge in [-0.2, -0.15) is 22.0 Å². The number of ether oxygens (including phenoxy) is 2. The number of nitrogens with zero attached hydrogens (tertiary/aromatic N) is 1. The minimum absolute atomic E-state index is 0.105. The van der Waals surface area contributed by atoms with E-state index in [-0.39, 0.29) is 17.2 Å². The van der Waals surface area contributed by atoms with Crippen molar-refractivity contribution >= 4 is 5.69 Å². The van der Waals surface area contributed by atoms with Crippen molar-refractivity contribution in [2.45, 2.75) is 24.9 Å². The number of alkyl halides is 5. The number of hydrogen-bond donors (Lipinski definition) is 0. The van der Waals surface area contributed by atoms with E-state index in [0.29, 0.717) is 0 Å². The Morgan fingerprint density at radius 3 is 2.32 bits per heavy atom. The van der Waals surface area contributed by atoms with Crippen LogP contribution in [0.1, 0.15) is 12.8 Å². The summed E-state index contributed by atoms with van der Waals surface area (Å²) in [6.07, 6.45) is -7.64. The molecule has 5 nitrogen and oxygen atoms in total. The molecule has 10 heteroatoms. The van der Waals surface area contributed by atoms with E-state index >= 15 is 0 Å². The predicted octanol–water partition coefficient (Wildman–Crippen LogP) is 3.96. The van der Waals surface area contributed by atoms with Crippen LogP contribution in [0.25, 0.3) is 0 Å². The fraction of sp³-hybridized carbons (Fsp3) is 0.500. The predicted molar refractivity (Wildman–Crippen MR) is 65.4 cm³/mol. The standard InChI is InChI=1S/C12H12F5NO4/c1-21-9-4-3-8(18(19)20)7-10(9)22-6-2-5-11(13,14)12(15,16)17/h3-4,7H,2,5-6H2,1H3. The number of hydrogen-bond acceptors (Lipinski definition) is 4. The summed E-state index contributed by atoms with van der Waals surface area (Å²) in [6.45, 7) is -0.469. The third-order valence-electron chi connectivity index (χ3n) is 2.67. The molecule has 0 aromatic heterocycles. The Balaban J connectivity index is 2.65. The van der Waals surface area contributed by atoms with Crippen molar-refractivity contribution in [2.75, 3.05) is 13.7 Å². The highest BCUT2D eigenvalue weighted by Gasteiger charge is 2.56. The zero-order chi connectivity index (χ0) is 17.0. The number of nitro groups is 1. The Morgan fingerprint density at radius 2 is 1.82 bits per heavy atom. The number of rotatable bonds is 7. The van der Waals surface area contributed by atoms with Gasteiger partial charge in [-0.25, -0.2) is 0 Å². The molecule has 0 aliphatic carbocycles. The smallest absolute Gasteiger partial charge is 0.453 e. The first-order valence-electron chi connectivity index (χ1n) is 5.98. The zero-order valence-electron chi connectivity index (χ0n) is 11.3. The Hall–Kier alpha value is -2.13. The van der Waals surface area contributed by atoms with E-state index in [2.05, 4.69) is 0 Å². The molecule has 0 saturated carbocycles. The van der Waals surface area contributed by atoms with Gasteiger partial charge in [-0.3, -0.25) is 10.1 Å². The lowest BCUT2D eigenvalue weighted by atomic mass is 10.2. The Labute approximate surface area is 121 Å². The van der Waals surface area contributed by atoms with Gasteiger partial charge < -0.3 is 9.47 Å². The first-order valence-corrected chi connectivity index (χ1v) is 5.98. The van der Waals surface area contributed by atoms with Crippen LogP contribution in [0, 0.1) is 10.1 Å². The van der Waals surface area contributed by atoms with Crippen LogP contribution >= 0.6 is 0 Å². The highest BCUT2D eigenvalue weighted by molar-refractivity contribution is 5.48. The summed E-state index contributed by atoms with van der Waals surface area (Å²) < 4.78 is 71.1. The van der Waals surface area contributed by atoms with Gasteiger partial charge in [0.15, 0.2) is 11.5 Å². The summed E-state index contributed by atoms with van der Waals surface area (Å²) in [7, 11) is 1.26. The van der Waals surface area contributed by atoms with Crippen molar-refractivity contribution in [1.82, 2.24) is 0 Å². The lowest BCUT2D eigenvalue weighted by Gasteiger charge is -2.19. The van der Waals surface area contributed by atoms with E-state index in [1.54, 1.807) is 0 Å². The lowest BCUT2D eigenvalue weighted by Crippen LogP contribution is -2.36. The van der Waals surface area contributed by atoms with E-state index in [1.165, 1.54) is 13.2 Å². The van der Waals surface area contributed by atoms with Gasteiger partial charge in [-0.15, -0.1) is 0 Å². The maximum absolute atomic E-state index is 12.7. The van der Waals surface area contributed by atoms with Crippen molar-refractivity contribution in [3.8, 4) is 11.5 Å². The number of benzene rings is 1. The topological polar surface area (TPSA) is 61.6 Å². The molecular weight excluding hydrogens is 317 g/mol. The molecule has 0 amide bonds. The number of nitro benzene ring substituents is 1. The molecule has 0 N–H and O–H groups in total. The van der Waals surface area contributed by atoms with Gasteiger partial charge in [0.2, 0.25) is 0 Å². The average Bonchev–Trinajstić information content (AvgIpc) is 2.42. The second-order valence-electron chi connectivity index (χ2n) is 4.25. The molecule has 1 rings (SSSR count). The summed E-state index contributed by atoms with van der Waals surface area (Å²) >= 11 is 0. The molecule has 0 aliphatic rings. The Bertz CT molecular complexity index is 533. The summed E-state index contributed by atoms with van der Waals surface area (Å²) in [6, 6.07) is 3.38. The maximum Gasteiger partial charge on any atom is 0.453 e. The van der Waals surface area contributed by atoms with Crippen molar-refractivity contribution in [2.24, 2.45) is 0 Å². The summed E-state index contributed by atoms with van der Waals surface area (Å²) in [5.74, 6) is -4.80. The van der Waals surface area contributed by atoms with Crippen LogP contribution in [0.5, 0.6) is 11.5 Å². The third-order valence-corrected chi connectivity index (χ3v) is 2.67. The van der Waals surface area contributed by atoms with Gasteiger partial charge in [-0.1, -0.05) is 0 Å². The molecule has 0 spiro atoms. The van der Waals surface area contributed by atoms with Crippen LogP contribution < -0.4 is 9.47 Å². The van der Waals surface area contributed by atoms with Crippen LogP contribution in [0.15, 0.2) is 18.2 Å². The minimum Gasteiger partial charge on any atom is -0.493 e. The van der Waals surface area contributed by atoms with E-state index in [4.69, 9.17) is 9.47 Å². The van der Waals surface area contributed by atoms with E-state index < -0.39 is 36.5 Å². The average molecular weight is 329 g/mol. The molecule has 0 saturated heterocycles. The molecule has 1 aromatic carbocycles. The van der Waals surface area contributed by atoms with E-state index in [1.807, 2.05) is 0 Å². The maximum atomic E-state index is 12.7. The SMILES string of the molecule is COc1ccc([N+](=O)[O-])cc1OCCCC(F)(F)C(F)(F)F. The fourth-order valence-corrected chi connectivity index (χ4v) is 1.51. The van der Waals surface area contributed by atoms with Crippen LogP contribution in [-0.4, -0.2) is 30.7 Å². The molecule has 0 atom stereocenters. The second kappa shape index (κ2) is 6.75. The van der Waals surface area contributed by atoms with Gasteiger partial charge in [0.1, 0.15) is 0 Å². The molecule has 0 fully saturated rings. The minimum atomic E-state index is -5.61. The van der Waals surface area contributed by atoms with Crippen molar-refractivity contribution in [3.05, 3.63) is 28.3 Å². The number of non-ortho nitro benzene ring substituents is 1. The van der Waals surface area contributed by atoms with Crippen molar-refractivity contribution in [3.63, 3.8) is 0 Å². The van der Waals surface area contributed by atoms with Gasteiger partial charge in [0.25, 0.3) is 5.69 Å². The van der Waals surface area contributed by atoms with Gasteiger partial charge in [0.05, 0.1) is 24.7 Å². The molecule has 0 heterocycles. The highest BCUT2D eigenvalue weighted by atomic mass is 19.4. The summed E-state index contributed by atoms with van der Waals surface area (Å²) in [5.41, 5.74) is -0.323. The fourth-order valence-electron chi connectivity index (χ4n) is 1.51. The number of methoxy groups -OCH3 is 1. The normalized spacial score (nSPS) is 12.1. The molecule has 1 aromatic rings. The summed E-state index contributed by atoms with van der Waals surface area (Å²) in [5, 5.41) is 10.6.